The first-order chi connectivity index (χ1) is 17.6. The number of hydrogen-bond donors (Lipinski definition) is 2. The standard InChI is InChI=1S/C22H20N4O8S3.2Na/c1-9(27)34-6-10-7-35-19-14(18(29)26(19)15(10)21(32)33)25-17(28)16(12-8-36-22(23)24-12)37-13-5-3-2-4-11(13)20(30)31;;/h2-5,8,14,16,19H,6-7H2,1H3,(H2,23,24)(H,25,28)(H,30,31)(H,32,33);;/q;2*+1/p-2/t14?,16?,19-;;/m0../s1. The van der Waals surface area contributed by atoms with Crippen LogP contribution in [0.1, 0.15) is 28.2 Å². The second kappa shape index (κ2) is 14.4. The molecule has 1 aromatic heterocycles. The van der Waals surface area contributed by atoms with Crippen LogP contribution < -0.4 is 80.4 Å². The summed E-state index contributed by atoms with van der Waals surface area (Å²) in [7, 11) is 0. The number of anilines is 1. The smallest absolute Gasteiger partial charge is 0.545 e. The first kappa shape index (κ1) is 33.6. The zero-order chi connectivity index (χ0) is 26.9. The van der Waals surface area contributed by atoms with Gasteiger partial charge in [0, 0.05) is 34.1 Å². The summed E-state index contributed by atoms with van der Waals surface area (Å²) in [5.41, 5.74) is 5.70. The molecular weight excluding hydrogens is 590 g/mol. The second-order valence-electron chi connectivity index (χ2n) is 7.81. The molecule has 0 saturated carbocycles. The average Bonchev–Trinajstić information content (AvgIpc) is 3.29. The van der Waals surface area contributed by atoms with Gasteiger partial charge in [0.2, 0.25) is 5.91 Å². The number of ether oxygens (including phenoxy) is 1. The van der Waals surface area contributed by atoms with Crippen molar-refractivity contribution >= 4 is 69.7 Å². The Morgan fingerprint density at radius 2 is 1.92 bits per heavy atom. The summed E-state index contributed by atoms with van der Waals surface area (Å²) in [6, 6.07) is 4.92. The molecule has 0 radical (unpaired) electrons. The molecule has 39 heavy (non-hydrogen) atoms. The second-order valence-corrected chi connectivity index (χ2v) is 10.9. The normalized spacial score (nSPS) is 18.5. The van der Waals surface area contributed by atoms with Crippen LogP contribution in [-0.2, 0) is 23.9 Å². The minimum atomic E-state index is -1.60. The number of nitrogen functional groups attached to an aromatic ring is 1. The summed E-state index contributed by atoms with van der Waals surface area (Å²) >= 11 is 3.19. The molecule has 17 heteroatoms. The van der Waals surface area contributed by atoms with Gasteiger partial charge in [-0.05, 0) is 6.07 Å². The monoisotopic (exact) mass is 608 g/mol. The number of rotatable bonds is 9. The number of carboxylic acid groups (broad SMARTS) is 2. The van der Waals surface area contributed by atoms with Gasteiger partial charge in [-0.15, -0.1) is 34.9 Å². The number of carboxylic acids is 2. The van der Waals surface area contributed by atoms with Crippen LogP contribution in [-0.4, -0.2) is 63.4 Å². The van der Waals surface area contributed by atoms with E-state index < -0.39 is 46.4 Å². The van der Waals surface area contributed by atoms with E-state index in [9.17, 15) is 34.2 Å². The fourth-order valence-electron chi connectivity index (χ4n) is 3.73. The number of amides is 2. The first-order valence-corrected chi connectivity index (χ1v) is 13.4. The summed E-state index contributed by atoms with van der Waals surface area (Å²) in [6.45, 7) is 0.870. The fourth-order valence-corrected chi connectivity index (χ4v) is 6.84. The maximum atomic E-state index is 13.4. The van der Waals surface area contributed by atoms with E-state index in [0.717, 1.165) is 28.0 Å². The van der Waals surface area contributed by atoms with Crippen molar-refractivity contribution < 1.29 is 98.0 Å². The number of nitrogens with two attached hydrogens (primary N) is 1. The molecule has 3 atom stereocenters. The molecule has 3 heterocycles. The molecule has 0 spiro atoms. The number of β-lactam (4-membered cyclic amide) rings is 1. The Balaban J connectivity index is 0.00000267. The number of hydrogen-bond acceptors (Lipinski definition) is 13. The van der Waals surface area contributed by atoms with E-state index in [1.54, 1.807) is 11.4 Å². The SMILES string of the molecule is CC(=O)OCC1=C(C(=O)[O-])N2C(=O)C(NC(=O)C(Sc3ccccc3C(=O)[O-])c3csc(N)n3)[C@@H]2SC1.[Na+].[Na+]. The van der Waals surface area contributed by atoms with E-state index in [2.05, 4.69) is 10.3 Å². The van der Waals surface area contributed by atoms with E-state index in [0.29, 0.717) is 0 Å². The molecule has 2 aliphatic heterocycles. The molecule has 2 aliphatic rings. The zero-order valence-corrected chi connectivity index (χ0v) is 27.4. The quantitative estimate of drug-likeness (QED) is 0.118. The zero-order valence-electron chi connectivity index (χ0n) is 21.0. The van der Waals surface area contributed by atoms with Crippen molar-refractivity contribution in [2.45, 2.75) is 28.5 Å². The predicted molar refractivity (Wildman–Crippen MR) is 130 cm³/mol. The summed E-state index contributed by atoms with van der Waals surface area (Å²) in [5, 5.41) is 25.9. The third kappa shape index (κ3) is 7.40. The molecule has 2 unspecified atom stereocenters. The van der Waals surface area contributed by atoms with Crippen molar-refractivity contribution in [2.24, 2.45) is 0 Å². The minimum Gasteiger partial charge on any atom is -0.545 e. The van der Waals surface area contributed by atoms with Crippen molar-refractivity contribution in [3.05, 3.63) is 52.2 Å². The van der Waals surface area contributed by atoms with Crippen LogP contribution in [0.5, 0.6) is 0 Å². The molecule has 3 N–H and O–H groups in total. The maximum Gasteiger partial charge on any atom is 1.00 e. The van der Waals surface area contributed by atoms with Crippen molar-refractivity contribution in [3.63, 3.8) is 0 Å². The van der Waals surface area contributed by atoms with E-state index in [-0.39, 0.29) is 104 Å². The van der Waals surface area contributed by atoms with Crippen LogP contribution in [0.25, 0.3) is 0 Å². The Bertz CT molecular complexity index is 1340. The molecule has 0 aliphatic carbocycles. The van der Waals surface area contributed by atoms with Crippen LogP contribution >= 0.6 is 34.9 Å². The molecule has 2 aromatic rings. The Hall–Kier alpha value is -1.56. The molecule has 0 bridgehead atoms. The molecular formula is C22H18N4Na2O8S3. The molecule has 1 saturated heterocycles. The third-order valence-electron chi connectivity index (χ3n) is 5.39. The Morgan fingerprint density at radius 1 is 1.23 bits per heavy atom. The summed E-state index contributed by atoms with van der Waals surface area (Å²) in [4.78, 5) is 66.2. The number of benzene rings is 1. The van der Waals surface area contributed by atoms with Crippen molar-refractivity contribution in [1.82, 2.24) is 15.2 Å². The van der Waals surface area contributed by atoms with Gasteiger partial charge >= 0.3 is 65.1 Å². The summed E-state index contributed by atoms with van der Waals surface area (Å²) < 4.78 is 4.89. The number of aromatic nitrogens is 1. The van der Waals surface area contributed by atoms with E-state index in [4.69, 9.17) is 10.5 Å². The van der Waals surface area contributed by atoms with Gasteiger partial charge in [0.15, 0.2) is 5.13 Å². The third-order valence-corrected chi connectivity index (χ3v) is 8.72. The van der Waals surface area contributed by atoms with Crippen LogP contribution in [0.15, 0.2) is 45.8 Å². The van der Waals surface area contributed by atoms with E-state index in [1.165, 1.54) is 36.9 Å². The fraction of sp³-hybridized carbons (Fsp3) is 0.273. The molecule has 194 valence electrons. The topological polar surface area (TPSA) is 195 Å². The number of carbonyl (C=O) groups excluding carboxylic acids is 5. The van der Waals surface area contributed by atoms with Crippen molar-refractivity contribution in [1.29, 1.82) is 0 Å². The summed E-state index contributed by atoms with van der Waals surface area (Å²) in [6.07, 6.45) is 0. The Morgan fingerprint density at radius 3 is 2.51 bits per heavy atom. The van der Waals surface area contributed by atoms with Gasteiger partial charge in [0.05, 0.1) is 23.3 Å². The Kier molecular flexibility index (Phi) is 12.4. The number of thiazole rings is 1. The van der Waals surface area contributed by atoms with Gasteiger partial charge in [-0.3, -0.25) is 19.3 Å². The van der Waals surface area contributed by atoms with Crippen molar-refractivity contribution in [2.75, 3.05) is 18.1 Å². The molecule has 1 aromatic carbocycles. The molecule has 2 amide bonds. The number of nitrogens with one attached hydrogen (secondary N) is 1. The van der Waals surface area contributed by atoms with Gasteiger partial charge in [-0.2, -0.15) is 0 Å². The number of thioether (sulfide) groups is 2. The number of esters is 1. The average molecular weight is 609 g/mol. The van der Waals surface area contributed by atoms with E-state index in [1.807, 2.05) is 0 Å². The molecule has 1 fully saturated rings. The van der Waals surface area contributed by atoms with Gasteiger partial charge < -0.3 is 35.6 Å². The first-order valence-electron chi connectivity index (χ1n) is 10.6. The van der Waals surface area contributed by atoms with Crippen LogP contribution in [0.4, 0.5) is 5.13 Å². The van der Waals surface area contributed by atoms with Crippen molar-refractivity contribution in [3.8, 4) is 0 Å². The largest absolute Gasteiger partial charge is 1.00 e. The number of fused-ring (bicyclic) bond motifs is 1. The Labute approximate surface area is 279 Å². The predicted octanol–water partition coefficient (Wildman–Crippen LogP) is -7.10. The van der Waals surface area contributed by atoms with Gasteiger partial charge in [0.25, 0.3) is 5.91 Å². The summed E-state index contributed by atoms with van der Waals surface area (Å²) in [5.74, 6) is -4.82. The van der Waals surface area contributed by atoms with Gasteiger partial charge in [-0.1, -0.05) is 18.2 Å². The number of carbonyl (C=O) groups is 5. The van der Waals surface area contributed by atoms with Crippen LogP contribution in [0, 0.1) is 0 Å². The number of aromatic carboxylic acids is 1. The molecule has 4 rings (SSSR count). The number of nitrogens with zero attached hydrogens (tertiary/aromatic N) is 2. The molecule has 12 nitrogen and oxygen atoms in total. The minimum absolute atomic E-state index is 0. The van der Waals surface area contributed by atoms with Crippen LogP contribution in [0.3, 0.4) is 0 Å². The van der Waals surface area contributed by atoms with E-state index >= 15 is 0 Å². The maximum absolute atomic E-state index is 13.4. The van der Waals surface area contributed by atoms with Gasteiger partial charge in [0.1, 0.15) is 23.3 Å². The number of aliphatic carboxylic acids is 1. The van der Waals surface area contributed by atoms with Crippen LogP contribution in [0.2, 0.25) is 0 Å². The van der Waals surface area contributed by atoms with Gasteiger partial charge in [-0.25, -0.2) is 4.98 Å².